The monoisotopic (exact) mass is 450 g/mol. The maximum absolute atomic E-state index is 13.8. The van der Waals surface area contributed by atoms with Gasteiger partial charge < -0.3 is 9.80 Å². The van der Waals surface area contributed by atoms with Crippen molar-refractivity contribution in [1.82, 2.24) is 14.8 Å². The highest BCUT2D eigenvalue weighted by atomic mass is 32.1. The molecule has 1 fully saturated rings. The van der Waals surface area contributed by atoms with Gasteiger partial charge in [0.15, 0.2) is 5.13 Å². The molecule has 4 rings (SSSR count). The summed E-state index contributed by atoms with van der Waals surface area (Å²) in [5, 5.41) is 0.695. The molecular formula is C25H30N4O2S. The second-order valence-corrected chi connectivity index (χ2v) is 9.83. The summed E-state index contributed by atoms with van der Waals surface area (Å²) < 4.78 is 1.06. The largest absolute Gasteiger partial charge is 0.331 e. The van der Waals surface area contributed by atoms with Crippen molar-refractivity contribution in [2.45, 2.75) is 32.6 Å². The number of para-hydroxylation sites is 1. The number of piperidine rings is 1. The maximum Gasteiger partial charge on any atom is 0.319 e. The van der Waals surface area contributed by atoms with Crippen LogP contribution in [0.25, 0.3) is 10.2 Å². The molecule has 0 spiro atoms. The predicted molar refractivity (Wildman–Crippen MR) is 131 cm³/mol. The Morgan fingerprint density at radius 1 is 1.03 bits per heavy atom. The van der Waals surface area contributed by atoms with Crippen LogP contribution in [0.1, 0.15) is 38.2 Å². The first-order valence-electron chi connectivity index (χ1n) is 11.1. The number of anilines is 2. The minimum absolute atomic E-state index is 0.00297. The van der Waals surface area contributed by atoms with Crippen LogP contribution in [0.4, 0.5) is 15.6 Å². The zero-order chi connectivity index (χ0) is 22.8. The molecule has 0 radical (unpaired) electrons. The molecule has 1 aliphatic rings. The zero-order valence-electron chi connectivity index (χ0n) is 19.1. The first kappa shape index (κ1) is 22.3. The van der Waals surface area contributed by atoms with Crippen molar-refractivity contribution >= 4 is 44.3 Å². The number of likely N-dealkylation sites (tertiary alicyclic amines) is 1. The zero-order valence-corrected chi connectivity index (χ0v) is 19.9. The molecule has 1 aromatic heterocycles. The lowest BCUT2D eigenvalue weighted by Gasteiger charge is -2.34. The van der Waals surface area contributed by atoms with Gasteiger partial charge in [-0.05, 0) is 48.6 Å². The molecule has 3 amide bonds. The molecular weight excluding hydrogens is 420 g/mol. The third-order valence-corrected chi connectivity index (χ3v) is 7.03. The smallest absolute Gasteiger partial charge is 0.319 e. The molecule has 6 nitrogen and oxygen atoms in total. The van der Waals surface area contributed by atoms with Crippen LogP contribution < -0.4 is 4.90 Å². The van der Waals surface area contributed by atoms with E-state index in [1.54, 1.807) is 23.9 Å². The summed E-state index contributed by atoms with van der Waals surface area (Å²) in [7, 11) is 3.52. The summed E-state index contributed by atoms with van der Waals surface area (Å²) >= 11 is 1.54. The molecule has 0 aliphatic carbocycles. The molecule has 1 aliphatic heterocycles. The number of aromatic nitrogens is 1. The number of hydrogen-bond donors (Lipinski definition) is 0. The highest BCUT2D eigenvalue weighted by molar-refractivity contribution is 7.22. The maximum atomic E-state index is 13.8. The van der Waals surface area contributed by atoms with Crippen LogP contribution in [0, 0.1) is 5.92 Å². The van der Waals surface area contributed by atoms with Crippen molar-refractivity contribution in [3.05, 3.63) is 54.1 Å². The van der Waals surface area contributed by atoms with Gasteiger partial charge in [-0.1, -0.05) is 49.4 Å². The van der Waals surface area contributed by atoms with Gasteiger partial charge in [0.2, 0.25) is 5.91 Å². The quantitative estimate of drug-likeness (QED) is 0.529. The third-order valence-electron chi connectivity index (χ3n) is 6.01. The van der Waals surface area contributed by atoms with Crippen LogP contribution >= 0.6 is 11.3 Å². The molecule has 0 atom stereocenters. The van der Waals surface area contributed by atoms with E-state index >= 15 is 0 Å². The van der Waals surface area contributed by atoms with Crippen molar-refractivity contribution in [3.63, 3.8) is 0 Å². The van der Waals surface area contributed by atoms with E-state index in [0.29, 0.717) is 37.0 Å². The van der Waals surface area contributed by atoms with Crippen LogP contribution in [0.3, 0.4) is 0 Å². The Balaban J connectivity index is 1.63. The SMILES string of the molecule is CC(C)c1ccc(N(C(=O)C2CCN(C(=O)N(C)C)CC2)c2nc3ccccc3s2)cc1. The Hall–Kier alpha value is -2.93. The number of amides is 3. The Morgan fingerprint density at radius 2 is 1.69 bits per heavy atom. The van der Waals surface area contributed by atoms with Crippen LogP contribution in [0.2, 0.25) is 0 Å². The van der Waals surface area contributed by atoms with Crippen LogP contribution in [0.5, 0.6) is 0 Å². The first-order chi connectivity index (χ1) is 15.3. The first-order valence-corrected chi connectivity index (χ1v) is 11.9. The van der Waals surface area contributed by atoms with E-state index in [9.17, 15) is 9.59 Å². The standard InChI is InChI=1S/C25H30N4O2S/c1-17(2)18-9-11-20(12-10-18)29(24-26-21-7-5-6-8-22(21)32-24)23(30)19-13-15-28(16-14-19)25(31)27(3)4/h5-12,17,19H,13-16H2,1-4H3. The molecule has 3 aromatic rings. The molecule has 0 bridgehead atoms. The van der Waals surface area contributed by atoms with Gasteiger partial charge in [0.05, 0.1) is 15.9 Å². The molecule has 0 N–H and O–H groups in total. The average molecular weight is 451 g/mol. The fraction of sp³-hybridized carbons (Fsp3) is 0.400. The summed E-state index contributed by atoms with van der Waals surface area (Å²) in [6.07, 6.45) is 1.31. The number of carbonyl (C=O) groups is 2. The fourth-order valence-electron chi connectivity index (χ4n) is 4.08. The van der Waals surface area contributed by atoms with E-state index in [1.165, 1.54) is 16.9 Å². The summed E-state index contributed by atoms with van der Waals surface area (Å²) in [5.41, 5.74) is 2.97. The molecule has 1 saturated heterocycles. The van der Waals surface area contributed by atoms with Gasteiger partial charge in [0, 0.05) is 33.1 Å². The average Bonchev–Trinajstić information content (AvgIpc) is 3.22. The summed E-state index contributed by atoms with van der Waals surface area (Å²) in [6, 6.07) is 16.2. The Labute approximate surface area is 193 Å². The van der Waals surface area contributed by atoms with Crippen molar-refractivity contribution in [1.29, 1.82) is 0 Å². The van der Waals surface area contributed by atoms with Gasteiger partial charge in [0.1, 0.15) is 0 Å². The second kappa shape index (κ2) is 9.28. The number of benzene rings is 2. The van der Waals surface area contributed by atoms with Gasteiger partial charge >= 0.3 is 6.03 Å². The van der Waals surface area contributed by atoms with Gasteiger partial charge in [-0.2, -0.15) is 0 Å². The van der Waals surface area contributed by atoms with Crippen molar-refractivity contribution < 1.29 is 9.59 Å². The molecule has 0 unspecified atom stereocenters. The van der Waals surface area contributed by atoms with Gasteiger partial charge in [-0.3, -0.25) is 9.69 Å². The molecule has 168 valence electrons. The lowest BCUT2D eigenvalue weighted by molar-refractivity contribution is -0.122. The number of thiazole rings is 1. The molecule has 2 heterocycles. The van der Waals surface area contributed by atoms with E-state index < -0.39 is 0 Å². The number of fused-ring (bicyclic) bond motifs is 1. The third kappa shape index (κ3) is 4.48. The number of hydrogen-bond acceptors (Lipinski definition) is 4. The number of rotatable bonds is 4. The molecule has 32 heavy (non-hydrogen) atoms. The lowest BCUT2D eigenvalue weighted by atomic mass is 9.95. The van der Waals surface area contributed by atoms with E-state index in [0.717, 1.165) is 15.9 Å². The summed E-state index contributed by atoms with van der Waals surface area (Å²) in [6.45, 7) is 5.50. The molecule has 2 aromatic carbocycles. The van der Waals surface area contributed by atoms with Crippen molar-refractivity contribution in [2.75, 3.05) is 32.1 Å². The highest BCUT2D eigenvalue weighted by Gasteiger charge is 2.33. The number of carbonyl (C=O) groups excluding carboxylic acids is 2. The van der Waals surface area contributed by atoms with Crippen LogP contribution in [0.15, 0.2) is 48.5 Å². The summed E-state index contributed by atoms with van der Waals surface area (Å²) in [4.78, 5) is 36.0. The predicted octanol–water partition coefficient (Wildman–Crippen LogP) is 5.48. The van der Waals surface area contributed by atoms with E-state index in [-0.39, 0.29) is 17.9 Å². The second-order valence-electron chi connectivity index (χ2n) is 8.82. The topological polar surface area (TPSA) is 56.8 Å². The normalized spacial score (nSPS) is 14.7. The number of nitrogens with zero attached hydrogens (tertiary/aromatic N) is 4. The fourth-order valence-corrected chi connectivity index (χ4v) is 5.07. The van der Waals surface area contributed by atoms with Crippen LogP contribution in [-0.2, 0) is 4.79 Å². The van der Waals surface area contributed by atoms with Gasteiger partial charge in [-0.15, -0.1) is 0 Å². The van der Waals surface area contributed by atoms with Crippen molar-refractivity contribution in [3.8, 4) is 0 Å². The Kier molecular flexibility index (Phi) is 6.46. The van der Waals surface area contributed by atoms with Crippen molar-refractivity contribution in [2.24, 2.45) is 5.92 Å². The van der Waals surface area contributed by atoms with Gasteiger partial charge in [0.25, 0.3) is 0 Å². The molecule has 0 saturated carbocycles. The van der Waals surface area contributed by atoms with E-state index in [1.807, 2.05) is 41.3 Å². The lowest BCUT2D eigenvalue weighted by Crippen LogP contribution is -2.46. The van der Waals surface area contributed by atoms with E-state index in [4.69, 9.17) is 4.98 Å². The van der Waals surface area contributed by atoms with Crippen LogP contribution in [-0.4, -0.2) is 53.9 Å². The molecule has 7 heteroatoms. The number of urea groups is 1. The Bertz CT molecular complexity index is 1070. The minimum Gasteiger partial charge on any atom is -0.331 e. The van der Waals surface area contributed by atoms with E-state index in [2.05, 4.69) is 26.0 Å². The highest BCUT2D eigenvalue weighted by Crippen LogP contribution is 2.36. The summed E-state index contributed by atoms with van der Waals surface area (Å²) in [5.74, 6) is 0.338. The van der Waals surface area contributed by atoms with Gasteiger partial charge in [-0.25, -0.2) is 9.78 Å². The Morgan fingerprint density at radius 3 is 2.28 bits per heavy atom. The minimum atomic E-state index is -0.141.